The zero-order chi connectivity index (χ0) is 23.1. The molecule has 0 spiro atoms. The minimum atomic E-state index is -0.326. The van der Waals surface area contributed by atoms with Gasteiger partial charge in [0.05, 0.1) is 16.9 Å². The second kappa shape index (κ2) is 7.80. The summed E-state index contributed by atoms with van der Waals surface area (Å²) in [6.07, 6.45) is 3.98. The number of aromatic nitrogens is 1. The molecule has 0 aromatic carbocycles. The predicted molar refractivity (Wildman–Crippen MR) is 130 cm³/mol. The maximum Gasteiger partial charge on any atom is 0.305 e. The van der Waals surface area contributed by atoms with Crippen molar-refractivity contribution in [2.75, 3.05) is 19.6 Å². The van der Waals surface area contributed by atoms with E-state index >= 15 is 0 Å². The normalized spacial score (nSPS) is 36.1. The van der Waals surface area contributed by atoms with Crippen LogP contribution in [0.15, 0.2) is 27.3 Å². The number of thioether (sulfide) groups is 1. The van der Waals surface area contributed by atoms with Gasteiger partial charge in [0, 0.05) is 34.0 Å². The zero-order valence-electron chi connectivity index (χ0n) is 18.5. The van der Waals surface area contributed by atoms with E-state index in [0.29, 0.717) is 0 Å². The number of H-pyrrole nitrogens is 1. The highest BCUT2D eigenvalue weighted by atomic mass is 32.2. The van der Waals surface area contributed by atoms with Crippen LogP contribution in [0.25, 0.3) is 0 Å². The summed E-state index contributed by atoms with van der Waals surface area (Å²) in [4.78, 5) is 60.6. The SMILES string of the molecule is O=C(CN1C(=O)C2C3CC(C2C1=O)C1C3Sc2[nH]c(=O)sc2[C@@H]1c1cccs1)N1CCCCC1. The Morgan fingerprint density at radius 2 is 1.82 bits per heavy atom. The van der Waals surface area contributed by atoms with Crippen molar-refractivity contribution < 1.29 is 14.4 Å². The first-order chi connectivity index (χ1) is 16.5. The summed E-state index contributed by atoms with van der Waals surface area (Å²) in [6, 6.07) is 4.17. The smallest absolute Gasteiger partial charge is 0.305 e. The molecule has 2 saturated heterocycles. The monoisotopic (exact) mass is 515 g/mol. The fraction of sp³-hybridized carbons (Fsp3) is 0.583. The number of carbonyl (C=O) groups is 3. The third-order valence-electron chi connectivity index (χ3n) is 8.67. The number of nitrogens with one attached hydrogen (secondary N) is 1. The lowest BCUT2D eigenvalue weighted by Crippen LogP contribution is -2.45. The quantitative estimate of drug-likeness (QED) is 0.635. The van der Waals surface area contributed by atoms with Crippen LogP contribution in [-0.4, -0.2) is 57.4 Å². The lowest BCUT2D eigenvalue weighted by Gasteiger charge is -2.42. The number of fused-ring (bicyclic) bond motifs is 9. The molecule has 2 aromatic heterocycles. The van der Waals surface area contributed by atoms with E-state index in [2.05, 4.69) is 16.4 Å². The molecule has 178 valence electrons. The van der Waals surface area contributed by atoms with Gasteiger partial charge in [-0.3, -0.25) is 24.1 Å². The van der Waals surface area contributed by atoms with Crippen molar-refractivity contribution in [3.63, 3.8) is 0 Å². The van der Waals surface area contributed by atoms with Crippen LogP contribution in [0.1, 0.15) is 41.4 Å². The molecule has 1 N–H and O–H groups in total. The summed E-state index contributed by atoms with van der Waals surface area (Å²) >= 11 is 4.69. The van der Waals surface area contributed by atoms with Gasteiger partial charge in [0.25, 0.3) is 0 Å². The molecule has 2 aromatic rings. The number of hydrogen-bond donors (Lipinski definition) is 1. The zero-order valence-corrected chi connectivity index (χ0v) is 20.9. The van der Waals surface area contributed by atoms with Crippen molar-refractivity contribution in [3.05, 3.63) is 36.9 Å². The number of imide groups is 1. The highest BCUT2D eigenvalue weighted by molar-refractivity contribution is 8.00. The van der Waals surface area contributed by atoms with Crippen LogP contribution in [-0.2, 0) is 14.4 Å². The average Bonchev–Trinajstić information content (AvgIpc) is 3.65. The van der Waals surface area contributed by atoms with E-state index in [9.17, 15) is 19.2 Å². The number of carbonyl (C=O) groups excluding carboxylic acids is 3. The highest BCUT2D eigenvalue weighted by Crippen LogP contribution is 2.68. The molecule has 7 atom stereocenters. The Morgan fingerprint density at radius 3 is 2.56 bits per heavy atom. The van der Waals surface area contributed by atoms with Gasteiger partial charge in [0.2, 0.25) is 17.7 Å². The Bertz CT molecular complexity index is 1230. The fourth-order valence-corrected chi connectivity index (χ4v) is 11.2. The van der Waals surface area contributed by atoms with Gasteiger partial charge in [0.1, 0.15) is 6.54 Å². The van der Waals surface area contributed by atoms with E-state index in [4.69, 9.17) is 0 Å². The molecule has 3 aliphatic heterocycles. The maximum atomic E-state index is 13.6. The number of rotatable bonds is 3. The van der Waals surface area contributed by atoms with Crippen molar-refractivity contribution in [1.82, 2.24) is 14.8 Å². The molecule has 7 nitrogen and oxygen atoms in total. The first-order valence-electron chi connectivity index (χ1n) is 12.1. The summed E-state index contributed by atoms with van der Waals surface area (Å²) < 4.78 is 0. The third-order valence-corrected chi connectivity index (χ3v) is 12.2. The van der Waals surface area contributed by atoms with E-state index in [1.165, 1.54) is 21.1 Å². The minimum Gasteiger partial charge on any atom is -0.341 e. The molecule has 2 bridgehead atoms. The van der Waals surface area contributed by atoms with Crippen molar-refractivity contribution in [2.24, 2.45) is 29.6 Å². The van der Waals surface area contributed by atoms with Crippen molar-refractivity contribution in [1.29, 1.82) is 0 Å². The molecule has 2 saturated carbocycles. The van der Waals surface area contributed by atoms with Crippen LogP contribution < -0.4 is 4.87 Å². The average molecular weight is 516 g/mol. The van der Waals surface area contributed by atoms with Gasteiger partial charge in [-0.25, -0.2) is 0 Å². The van der Waals surface area contributed by atoms with Gasteiger partial charge < -0.3 is 9.88 Å². The Morgan fingerprint density at radius 1 is 1.06 bits per heavy atom. The van der Waals surface area contributed by atoms with E-state index in [0.717, 1.165) is 48.7 Å². The molecule has 10 heteroatoms. The first kappa shape index (κ1) is 21.4. The molecule has 34 heavy (non-hydrogen) atoms. The van der Waals surface area contributed by atoms with Gasteiger partial charge >= 0.3 is 4.87 Å². The molecule has 7 rings (SSSR count). The Balaban J connectivity index is 1.21. The predicted octanol–water partition coefficient (Wildman–Crippen LogP) is 2.98. The largest absolute Gasteiger partial charge is 0.341 e. The molecule has 0 radical (unpaired) electrons. The number of thiazole rings is 1. The standard InChI is InChI=1S/C24H25N3O4S3/c28-14(26-6-2-1-3-7-26)10-27-22(29)16-11-9-12(17(16)23(27)30)19-15(11)18(13-5-4-8-32-13)20-21(33-19)25-24(31)34-20/h4-5,8,11-12,15-19H,1-3,6-7,9-10H2,(H,25,31)/t11?,12?,15?,16?,17?,18-,19?/m1/s1. The van der Waals surface area contributed by atoms with Crippen molar-refractivity contribution in [2.45, 2.75) is 41.9 Å². The van der Waals surface area contributed by atoms with E-state index in [-0.39, 0.29) is 69.9 Å². The van der Waals surface area contributed by atoms with Gasteiger partial charge in [-0.2, -0.15) is 0 Å². The van der Waals surface area contributed by atoms with Gasteiger partial charge in [-0.1, -0.05) is 17.4 Å². The first-order valence-corrected chi connectivity index (χ1v) is 14.7. The number of thiophene rings is 1. The van der Waals surface area contributed by atoms with Gasteiger partial charge in [0.15, 0.2) is 0 Å². The molecule has 4 fully saturated rings. The second-order valence-corrected chi connectivity index (χ2v) is 13.4. The fourth-order valence-electron chi connectivity index (χ4n) is 7.40. The van der Waals surface area contributed by atoms with Crippen LogP contribution in [0.4, 0.5) is 0 Å². The van der Waals surface area contributed by atoms with Gasteiger partial charge in [-0.15, -0.1) is 23.1 Å². The Hall–Kier alpha value is -1.91. The van der Waals surface area contributed by atoms with E-state index < -0.39 is 0 Å². The van der Waals surface area contributed by atoms with Crippen LogP contribution in [0.5, 0.6) is 0 Å². The number of amides is 3. The molecule has 3 amide bonds. The van der Waals surface area contributed by atoms with Gasteiger partial charge in [-0.05, 0) is 54.9 Å². The Labute approximate surface area is 208 Å². The number of hydrogen-bond acceptors (Lipinski definition) is 7. The summed E-state index contributed by atoms with van der Waals surface area (Å²) in [7, 11) is 0. The lowest BCUT2D eigenvalue weighted by molar-refractivity contribution is -0.147. The summed E-state index contributed by atoms with van der Waals surface area (Å²) in [6.45, 7) is 1.33. The summed E-state index contributed by atoms with van der Waals surface area (Å²) in [5, 5.41) is 3.20. The van der Waals surface area contributed by atoms with Crippen LogP contribution in [0.3, 0.4) is 0 Å². The number of aromatic amines is 1. The van der Waals surface area contributed by atoms with Crippen molar-refractivity contribution in [3.8, 4) is 0 Å². The van der Waals surface area contributed by atoms with E-state index in [1.54, 1.807) is 23.1 Å². The molecular formula is C24H25N3O4S3. The van der Waals surface area contributed by atoms with Crippen LogP contribution in [0, 0.1) is 29.6 Å². The molecule has 5 heterocycles. The number of nitrogens with zero attached hydrogens (tertiary/aromatic N) is 2. The van der Waals surface area contributed by atoms with E-state index in [1.807, 2.05) is 11.0 Å². The van der Waals surface area contributed by atoms with Crippen LogP contribution in [0.2, 0.25) is 0 Å². The maximum absolute atomic E-state index is 13.6. The summed E-state index contributed by atoms with van der Waals surface area (Å²) in [5.74, 6) is -0.511. The Kier molecular flexibility index (Phi) is 4.90. The molecule has 6 unspecified atom stereocenters. The summed E-state index contributed by atoms with van der Waals surface area (Å²) in [5.41, 5.74) is 0. The third kappa shape index (κ3) is 2.94. The molecular weight excluding hydrogens is 490 g/mol. The van der Waals surface area contributed by atoms with Crippen LogP contribution >= 0.6 is 34.4 Å². The van der Waals surface area contributed by atoms with Crippen molar-refractivity contribution >= 4 is 52.2 Å². The number of piperidine rings is 1. The second-order valence-electron chi connectivity index (χ2n) is 10.2. The molecule has 2 aliphatic carbocycles. The highest BCUT2D eigenvalue weighted by Gasteiger charge is 2.69. The number of likely N-dealkylation sites (tertiary alicyclic amines) is 2. The topological polar surface area (TPSA) is 90.5 Å². The minimum absolute atomic E-state index is 0.0406. The molecule has 5 aliphatic rings. The lowest BCUT2D eigenvalue weighted by atomic mass is 9.69.